The maximum Gasteiger partial charge on any atom is 0.471 e. The molecule has 0 bridgehead atoms. The van der Waals surface area contributed by atoms with Crippen LogP contribution in [0.1, 0.15) is 48.2 Å². The molecule has 2 aromatic rings. The highest BCUT2D eigenvalue weighted by molar-refractivity contribution is 8.13. The number of piperidine rings is 1. The van der Waals surface area contributed by atoms with Crippen molar-refractivity contribution in [3.05, 3.63) is 65.2 Å². The lowest BCUT2D eigenvalue weighted by Crippen LogP contribution is -2.52. The molecule has 0 unspecified atom stereocenters. The maximum absolute atomic E-state index is 12.9. The second kappa shape index (κ2) is 10.3. The average Bonchev–Trinajstić information content (AvgIpc) is 2.87. The fourth-order valence-electron chi connectivity index (χ4n) is 4.79. The first-order chi connectivity index (χ1) is 17.8. The number of carbonyl (C=O) groups is 2. The Morgan fingerprint density at radius 3 is 2.18 bits per heavy atom. The molecule has 1 saturated heterocycles. The Balaban J connectivity index is 1.73. The summed E-state index contributed by atoms with van der Waals surface area (Å²) in [6, 6.07) is 11.0. The predicted octanol–water partition coefficient (Wildman–Crippen LogP) is 4.84. The number of likely N-dealkylation sites (tertiary alicyclic amines) is 1. The van der Waals surface area contributed by atoms with Crippen LogP contribution in [0.5, 0.6) is 5.75 Å². The fourth-order valence-corrected chi connectivity index (χ4v) is 5.57. The highest BCUT2D eigenvalue weighted by atomic mass is 35.7. The maximum atomic E-state index is 12.9. The quantitative estimate of drug-likeness (QED) is 0.480. The standard InChI is InChI=1S/C26H26ClF3N2O5S/c1-3-31(4-2)23(33)18-7-5-17(6-8-18)21-16-25(11-13-32(14-12-25)24(34)26(28,29)30)37-22-10-9-19(15-20(21)22)38(27,35)36/h5-10,15-16H,3-4,11-14H2,1-2H3. The van der Waals surface area contributed by atoms with Crippen molar-refractivity contribution in [1.82, 2.24) is 9.80 Å². The summed E-state index contributed by atoms with van der Waals surface area (Å²) in [5.74, 6) is -1.68. The van der Waals surface area contributed by atoms with E-state index in [-0.39, 0.29) is 36.7 Å². The second-order valence-electron chi connectivity index (χ2n) is 9.17. The van der Waals surface area contributed by atoms with Crippen LogP contribution in [0.3, 0.4) is 0 Å². The van der Waals surface area contributed by atoms with Crippen molar-refractivity contribution >= 4 is 37.1 Å². The molecular weight excluding hydrogens is 545 g/mol. The Morgan fingerprint density at radius 1 is 1.05 bits per heavy atom. The normalized spacial score (nSPS) is 16.9. The van der Waals surface area contributed by atoms with Crippen LogP contribution in [0.2, 0.25) is 0 Å². The third-order valence-electron chi connectivity index (χ3n) is 6.88. The number of nitrogens with zero attached hydrogens (tertiary/aromatic N) is 2. The van der Waals surface area contributed by atoms with Gasteiger partial charge >= 0.3 is 12.1 Å². The first kappa shape index (κ1) is 28.0. The summed E-state index contributed by atoms with van der Waals surface area (Å²) in [7, 11) is 1.52. The second-order valence-corrected chi connectivity index (χ2v) is 11.7. The zero-order chi connectivity index (χ0) is 27.9. The smallest absolute Gasteiger partial charge is 0.471 e. The molecule has 0 N–H and O–H groups in total. The van der Waals surface area contributed by atoms with Crippen LogP contribution in [0, 0.1) is 0 Å². The molecule has 1 fully saturated rings. The minimum Gasteiger partial charge on any atom is -0.482 e. The number of alkyl halides is 3. The molecule has 1 spiro atoms. The van der Waals surface area contributed by atoms with E-state index < -0.39 is 26.7 Å². The van der Waals surface area contributed by atoms with Crippen molar-refractivity contribution in [2.45, 2.75) is 43.4 Å². The molecule has 0 aliphatic carbocycles. The molecule has 2 aliphatic rings. The fraction of sp³-hybridized carbons (Fsp3) is 0.385. The molecule has 2 aromatic carbocycles. The molecule has 0 atom stereocenters. The van der Waals surface area contributed by atoms with Crippen LogP contribution in [0.15, 0.2) is 53.4 Å². The summed E-state index contributed by atoms with van der Waals surface area (Å²) in [6.45, 7) is 4.55. The van der Waals surface area contributed by atoms with Gasteiger partial charge in [-0.1, -0.05) is 12.1 Å². The van der Waals surface area contributed by atoms with Crippen molar-refractivity contribution in [1.29, 1.82) is 0 Å². The number of benzene rings is 2. The van der Waals surface area contributed by atoms with E-state index in [1.54, 1.807) is 35.2 Å². The van der Waals surface area contributed by atoms with Crippen LogP contribution in [0.4, 0.5) is 13.2 Å². The third-order valence-corrected chi connectivity index (χ3v) is 8.23. The average molecular weight is 571 g/mol. The minimum atomic E-state index is -4.96. The summed E-state index contributed by atoms with van der Waals surface area (Å²) < 4.78 is 69.1. The number of halogens is 4. The van der Waals surface area contributed by atoms with Gasteiger partial charge in [0.25, 0.3) is 15.0 Å². The summed E-state index contributed by atoms with van der Waals surface area (Å²) in [5.41, 5.74) is 1.15. The molecular formula is C26H26ClF3N2O5S. The number of hydrogen-bond acceptors (Lipinski definition) is 5. The van der Waals surface area contributed by atoms with Crippen molar-refractivity contribution in [2.24, 2.45) is 0 Å². The first-order valence-electron chi connectivity index (χ1n) is 12.0. The molecule has 0 radical (unpaired) electrons. The molecule has 0 saturated carbocycles. The van der Waals surface area contributed by atoms with E-state index >= 15 is 0 Å². The van der Waals surface area contributed by atoms with Crippen molar-refractivity contribution < 1.29 is 35.9 Å². The summed E-state index contributed by atoms with van der Waals surface area (Å²) in [4.78, 5) is 26.8. The number of amides is 2. The lowest BCUT2D eigenvalue weighted by Gasteiger charge is -2.43. The Kier molecular flexibility index (Phi) is 7.55. The highest BCUT2D eigenvalue weighted by Gasteiger charge is 2.47. The lowest BCUT2D eigenvalue weighted by molar-refractivity contribution is -0.187. The van der Waals surface area contributed by atoms with E-state index in [1.807, 2.05) is 13.8 Å². The number of rotatable bonds is 5. The molecule has 12 heteroatoms. The Bertz CT molecular complexity index is 1380. The number of carbonyl (C=O) groups excluding carboxylic acids is 2. The summed E-state index contributed by atoms with van der Waals surface area (Å²) in [5, 5.41) is 0. The van der Waals surface area contributed by atoms with Gasteiger partial charge in [-0.05, 0) is 61.4 Å². The predicted molar refractivity (Wildman–Crippen MR) is 135 cm³/mol. The summed E-state index contributed by atoms with van der Waals surface area (Å²) >= 11 is 0. The van der Waals surface area contributed by atoms with Crippen LogP contribution in [-0.2, 0) is 13.8 Å². The first-order valence-corrected chi connectivity index (χ1v) is 14.4. The Labute approximate surface area is 223 Å². The molecule has 2 amide bonds. The number of fused-ring (bicyclic) bond motifs is 1. The van der Waals surface area contributed by atoms with Crippen molar-refractivity contribution in [3.63, 3.8) is 0 Å². The largest absolute Gasteiger partial charge is 0.482 e. The van der Waals surface area contributed by atoms with Crippen LogP contribution < -0.4 is 4.74 Å². The van der Waals surface area contributed by atoms with Gasteiger partial charge in [0, 0.05) is 60.8 Å². The zero-order valence-electron chi connectivity index (χ0n) is 20.7. The van der Waals surface area contributed by atoms with Crippen LogP contribution in [0.25, 0.3) is 5.57 Å². The Hall–Kier alpha value is -3.05. The van der Waals surface area contributed by atoms with Gasteiger partial charge in [0.05, 0.1) is 4.90 Å². The van der Waals surface area contributed by atoms with E-state index in [0.29, 0.717) is 41.1 Å². The molecule has 2 aliphatic heterocycles. The molecule has 204 valence electrons. The molecule has 0 aromatic heterocycles. The van der Waals surface area contributed by atoms with Gasteiger partial charge in [0.15, 0.2) is 0 Å². The van der Waals surface area contributed by atoms with E-state index in [0.717, 1.165) is 4.90 Å². The molecule has 7 nitrogen and oxygen atoms in total. The van der Waals surface area contributed by atoms with Gasteiger partial charge in [-0.2, -0.15) is 13.2 Å². The third kappa shape index (κ3) is 5.54. The number of hydrogen-bond donors (Lipinski definition) is 0. The Morgan fingerprint density at radius 2 is 1.66 bits per heavy atom. The van der Waals surface area contributed by atoms with E-state index in [1.165, 1.54) is 18.2 Å². The van der Waals surface area contributed by atoms with Gasteiger partial charge in [0.1, 0.15) is 11.4 Å². The number of ether oxygens (including phenoxy) is 1. The minimum absolute atomic E-state index is 0.103. The topological polar surface area (TPSA) is 84.0 Å². The van der Waals surface area contributed by atoms with E-state index in [2.05, 4.69) is 0 Å². The van der Waals surface area contributed by atoms with Crippen molar-refractivity contribution in [2.75, 3.05) is 26.2 Å². The van der Waals surface area contributed by atoms with Gasteiger partial charge in [-0.3, -0.25) is 9.59 Å². The SMILES string of the molecule is CCN(CC)C(=O)c1ccc(C2=CC3(CCN(C(=O)C(F)(F)F)CC3)Oc3ccc(S(=O)(=O)Cl)cc32)cc1. The molecule has 2 heterocycles. The van der Waals surface area contributed by atoms with E-state index in [4.69, 9.17) is 15.4 Å². The monoisotopic (exact) mass is 570 g/mol. The van der Waals surface area contributed by atoms with Crippen LogP contribution in [-0.4, -0.2) is 68.0 Å². The zero-order valence-corrected chi connectivity index (χ0v) is 22.3. The van der Waals surface area contributed by atoms with Crippen molar-refractivity contribution in [3.8, 4) is 5.75 Å². The summed E-state index contributed by atoms with van der Waals surface area (Å²) in [6.07, 6.45) is -2.99. The van der Waals surface area contributed by atoms with Gasteiger partial charge in [0.2, 0.25) is 0 Å². The lowest BCUT2D eigenvalue weighted by atomic mass is 9.82. The molecule has 38 heavy (non-hydrogen) atoms. The van der Waals surface area contributed by atoms with Gasteiger partial charge in [-0.25, -0.2) is 8.42 Å². The van der Waals surface area contributed by atoms with E-state index in [9.17, 15) is 31.2 Å². The van der Waals surface area contributed by atoms with Gasteiger partial charge in [-0.15, -0.1) is 0 Å². The molecule has 4 rings (SSSR count). The van der Waals surface area contributed by atoms with Gasteiger partial charge < -0.3 is 14.5 Å². The highest BCUT2D eigenvalue weighted by Crippen LogP contribution is 2.44. The van der Waals surface area contributed by atoms with Crippen LogP contribution >= 0.6 is 10.7 Å².